The molecule has 0 bridgehead atoms. The Kier molecular flexibility index (Phi) is 7.80. The summed E-state index contributed by atoms with van der Waals surface area (Å²) in [5.41, 5.74) is 1.10. The van der Waals surface area contributed by atoms with Gasteiger partial charge in [-0.2, -0.15) is 0 Å². The van der Waals surface area contributed by atoms with Gasteiger partial charge in [-0.25, -0.2) is 13.1 Å². The van der Waals surface area contributed by atoms with Crippen molar-refractivity contribution in [1.29, 1.82) is 0 Å². The molecule has 0 aliphatic carbocycles. The van der Waals surface area contributed by atoms with Gasteiger partial charge < -0.3 is 5.32 Å². The Morgan fingerprint density at radius 3 is 2.25 bits per heavy atom. The maximum absolute atomic E-state index is 12.0. The number of unbranched alkanes of at least 4 members (excludes halogenated alkanes) is 2. The van der Waals surface area contributed by atoms with Gasteiger partial charge in [0.2, 0.25) is 10.0 Å². The highest BCUT2D eigenvalue weighted by Crippen LogP contribution is 2.10. The second kappa shape index (κ2) is 9.10. The molecule has 0 aromatic heterocycles. The second-order valence-corrected chi connectivity index (χ2v) is 6.69. The van der Waals surface area contributed by atoms with E-state index in [-0.39, 0.29) is 0 Å². The molecule has 0 spiro atoms. The van der Waals surface area contributed by atoms with E-state index in [1.165, 1.54) is 0 Å². The summed E-state index contributed by atoms with van der Waals surface area (Å²) < 4.78 is 26.7. The summed E-state index contributed by atoms with van der Waals surface area (Å²) in [4.78, 5) is 0.341. The highest BCUT2D eigenvalue weighted by molar-refractivity contribution is 7.89. The lowest BCUT2D eigenvalue weighted by Gasteiger charge is -2.08. The Morgan fingerprint density at radius 2 is 1.65 bits per heavy atom. The molecule has 0 aliphatic heterocycles. The van der Waals surface area contributed by atoms with Gasteiger partial charge in [0, 0.05) is 13.1 Å². The van der Waals surface area contributed by atoms with E-state index in [1.807, 2.05) is 12.1 Å². The first-order valence-corrected chi connectivity index (χ1v) is 8.87. The molecule has 0 fully saturated rings. The summed E-state index contributed by atoms with van der Waals surface area (Å²) in [6, 6.07) is 7.07. The first-order valence-electron chi connectivity index (χ1n) is 7.39. The summed E-state index contributed by atoms with van der Waals surface area (Å²) in [5, 5.41) is 3.29. The van der Waals surface area contributed by atoms with Crippen LogP contribution in [0.15, 0.2) is 29.2 Å². The van der Waals surface area contributed by atoms with Crippen LogP contribution in [-0.4, -0.2) is 21.5 Å². The first-order chi connectivity index (χ1) is 9.60. The third-order valence-corrected chi connectivity index (χ3v) is 4.54. The van der Waals surface area contributed by atoms with Gasteiger partial charge in [0.1, 0.15) is 0 Å². The van der Waals surface area contributed by atoms with Crippen LogP contribution in [-0.2, 0) is 16.6 Å². The Bertz CT molecular complexity index is 469. The summed E-state index contributed by atoms with van der Waals surface area (Å²) in [7, 11) is -3.35. The van der Waals surface area contributed by atoms with Crippen molar-refractivity contribution in [2.75, 3.05) is 13.1 Å². The van der Waals surface area contributed by atoms with Crippen molar-refractivity contribution in [1.82, 2.24) is 10.0 Å². The molecule has 0 saturated carbocycles. The van der Waals surface area contributed by atoms with Gasteiger partial charge in [0.05, 0.1) is 4.90 Å². The summed E-state index contributed by atoms with van der Waals surface area (Å²) in [6.45, 7) is 6.47. The number of hydrogen-bond acceptors (Lipinski definition) is 3. The first kappa shape index (κ1) is 17.1. The Balaban J connectivity index is 2.53. The number of benzene rings is 1. The number of rotatable bonds is 10. The topological polar surface area (TPSA) is 58.2 Å². The smallest absolute Gasteiger partial charge is 0.240 e. The van der Waals surface area contributed by atoms with Crippen molar-refractivity contribution in [2.24, 2.45) is 0 Å². The van der Waals surface area contributed by atoms with Gasteiger partial charge in [0.25, 0.3) is 0 Å². The fourth-order valence-electron chi connectivity index (χ4n) is 1.86. The molecule has 0 atom stereocenters. The second-order valence-electron chi connectivity index (χ2n) is 4.93. The van der Waals surface area contributed by atoms with E-state index in [2.05, 4.69) is 23.9 Å². The van der Waals surface area contributed by atoms with E-state index in [9.17, 15) is 8.42 Å². The molecule has 0 radical (unpaired) electrons. The Labute approximate surface area is 123 Å². The van der Waals surface area contributed by atoms with E-state index in [0.29, 0.717) is 11.4 Å². The molecule has 114 valence electrons. The van der Waals surface area contributed by atoms with Crippen LogP contribution in [0.4, 0.5) is 0 Å². The van der Waals surface area contributed by atoms with Crippen molar-refractivity contribution < 1.29 is 8.42 Å². The third-order valence-electron chi connectivity index (χ3n) is 3.06. The van der Waals surface area contributed by atoms with E-state index < -0.39 is 10.0 Å². The molecule has 0 saturated heterocycles. The van der Waals surface area contributed by atoms with E-state index in [0.717, 1.165) is 44.3 Å². The minimum atomic E-state index is -3.35. The predicted octanol–water partition coefficient (Wildman–Crippen LogP) is 2.65. The third kappa shape index (κ3) is 6.03. The van der Waals surface area contributed by atoms with Gasteiger partial charge in [-0.3, -0.25) is 0 Å². The zero-order valence-corrected chi connectivity index (χ0v) is 13.3. The monoisotopic (exact) mass is 298 g/mol. The Morgan fingerprint density at radius 1 is 0.950 bits per heavy atom. The van der Waals surface area contributed by atoms with Crippen LogP contribution in [0, 0.1) is 0 Å². The highest BCUT2D eigenvalue weighted by Gasteiger charge is 2.12. The van der Waals surface area contributed by atoms with Crippen molar-refractivity contribution in [2.45, 2.75) is 51.0 Å². The van der Waals surface area contributed by atoms with Crippen molar-refractivity contribution in [3.05, 3.63) is 29.8 Å². The standard InChI is InChI=1S/C15H26N2O2S/c1-3-5-6-12-17-20(18,19)15-9-7-14(8-10-15)13-16-11-4-2/h7-10,16-17H,3-6,11-13H2,1-2H3. The predicted molar refractivity (Wildman–Crippen MR) is 83.2 cm³/mol. The highest BCUT2D eigenvalue weighted by atomic mass is 32.2. The summed E-state index contributed by atoms with van der Waals surface area (Å²) in [6.07, 6.45) is 4.11. The molecule has 2 N–H and O–H groups in total. The van der Waals surface area contributed by atoms with Crippen LogP contribution >= 0.6 is 0 Å². The van der Waals surface area contributed by atoms with Crippen LogP contribution in [0.2, 0.25) is 0 Å². The number of hydrogen-bond donors (Lipinski definition) is 2. The van der Waals surface area contributed by atoms with Crippen LogP contribution in [0.5, 0.6) is 0 Å². The lowest BCUT2D eigenvalue weighted by atomic mass is 10.2. The molecule has 4 nitrogen and oxygen atoms in total. The van der Waals surface area contributed by atoms with Crippen molar-refractivity contribution in [3.8, 4) is 0 Å². The summed E-state index contributed by atoms with van der Waals surface area (Å²) >= 11 is 0. The van der Waals surface area contributed by atoms with Gasteiger partial charge in [0.15, 0.2) is 0 Å². The molecule has 20 heavy (non-hydrogen) atoms. The largest absolute Gasteiger partial charge is 0.313 e. The molecule has 1 aromatic carbocycles. The molecule has 0 amide bonds. The van der Waals surface area contributed by atoms with Crippen molar-refractivity contribution >= 4 is 10.0 Å². The average Bonchev–Trinajstić information content (AvgIpc) is 2.45. The number of sulfonamides is 1. The van der Waals surface area contributed by atoms with Gasteiger partial charge >= 0.3 is 0 Å². The van der Waals surface area contributed by atoms with Gasteiger partial charge in [-0.05, 0) is 37.1 Å². The van der Waals surface area contributed by atoms with Crippen LogP contribution in [0.3, 0.4) is 0 Å². The minimum absolute atomic E-state index is 0.341. The van der Waals surface area contributed by atoms with Gasteiger partial charge in [-0.1, -0.05) is 38.8 Å². The molecular formula is C15H26N2O2S. The molecule has 0 unspecified atom stereocenters. The van der Waals surface area contributed by atoms with Gasteiger partial charge in [-0.15, -0.1) is 0 Å². The van der Waals surface area contributed by atoms with E-state index in [4.69, 9.17) is 0 Å². The molecule has 1 aromatic rings. The maximum Gasteiger partial charge on any atom is 0.240 e. The van der Waals surface area contributed by atoms with Crippen LogP contribution in [0.1, 0.15) is 45.1 Å². The zero-order valence-electron chi connectivity index (χ0n) is 12.5. The Hall–Kier alpha value is -0.910. The average molecular weight is 298 g/mol. The minimum Gasteiger partial charge on any atom is -0.313 e. The zero-order chi connectivity index (χ0) is 14.8. The molecule has 1 rings (SSSR count). The van der Waals surface area contributed by atoms with Crippen LogP contribution in [0.25, 0.3) is 0 Å². The van der Waals surface area contributed by atoms with Crippen molar-refractivity contribution in [3.63, 3.8) is 0 Å². The van der Waals surface area contributed by atoms with E-state index in [1.54, 1.807) is 12.1 Å². The fraction of sp³-hybridized carbons (Fsp3) is 0.600. The molecule has 0 aliphatic rings. The lowest BCUT2D eigenvalue weighted by molar-refractivity contribution is 0.576. The molecule has 0 heterocycles. The summed E-state index contributed by atoms with van der Waals surface area (Å²) in [5.74, 6) is 0. The quantitative estimate of drug-likeness (QED) is 0.653. The fourth-order valence-corrected chi connectivity index (χ4v) is 2.93. The normalized spacial score (nSPS) is 11.7. The maximum atomic E-state index is 12.0. The number of nitrogens with one attached hydrogen (secondary N) is 2. The van der Waals surface area contributed by atoms with E-state index >= 15 is 0 Å². The SMILES string of the molecule is CCCCCNS(=O)(=O)c1ccc(CNCCC)cc1. The molecule has 5 heteroatoms. The lowest BCUT2D eigenvalue weighted by Crippen LogP contribution is -2.24. The van der Waals surface area contributed by atoms with Crippen LogP contribution < -0.4 is 10.0 Å². The molecular weight excluding hydrogens is 272 g/mol.